The van der Waals surface area contributed by atoms with Gasteiger partial charge in [-0.05, 0) is 50.8 Å². The first-order valence-electron chi connectivity index (χ1n) is 10.5. The number of aromatic nitrogens is 3. The molecule has 34 heavy (non-hydrogen) atoms. The first kappa shape index (κ1) is 24.0. The Morgan fingerprint density at radius 2 is 1.97 bits per heavy atom. The number of nitriles is 1. The van der Waals surface area contributed by atoms with E-state index in [9.17, 15) is 26.9 Å². The Kier molecular flexibility index (Phi) is 6.03. The van der Waals surface area contributed by atoms with E-state index in [1.807, 2.05) is 4.57 Å². The van der Waals surface area contributed by atoms with Crippen LogP contribution in [0, 0.1) is 18.3 Å². The van der Waals surface area contributed by atoms with Crippen LogP contribution in [0.4, 0.5) is 13.2 Å². The van der Waals surface area contributed by atoms with Crippen LogP contribution in [0.25, 0.3) is 22.4 Å². The SMILES string of the molecule is COc1cnc2c(c1)c(C#N)c(-c1cc(C)c(S(=O)(=O)N[C@@H](C)C(F)(F)F)cn1)n2C1CCC1. The predicted octanol–water partition coefficient (Wildman–Crippen LogP) is 4.24. The van der Waals surface area contributed by atoms with Gasteiger partial charge in [-0.25, -0.2) is 13.4 Å². The van der Waals surface area contributed by atoms with E-state index < -0.39 is 22.2 Å². The van der Waals surface area contributed by atoms with Crippen LogP contribution in [0.15, 0.2) is 29.4 Å². The summed E-state index contributed by atoms with van der Waals surface area (Å²) in [5.41, 5.74) is 1.94. The standard InChI is InChI=1S/C22H22F3N5O3S/c1-12-7-18(27-11-19(12)34(31,32)29-13(2)22(23,24)25)20-17(9-26)16-8-15(33-3)10-28-21(16)30(20)14-5-4-6-14/h7-8,10-11,13-14,29H,4-6H2,1-3H3/t13-/m0/s1. The zero-order valence-corrected chi connectivity index (χ0v) is 19.5. The molecule has 1 aliphatic carbocycles. The fourth-order valence-corrected chi connectivity index (χ4v) is 5.36. The molecule has 0 aliphatic heterocycles. The van der Waals surface area contributed by atoms with Gasteiger partial charge < -0.3 is 9.30 Å². The number of alkyl halides is 3. The molecule has 3 aromatic heterocycles. The predicted molar refractivity (Wildman–Crippen MR) is 118 cm³/mol. The molecule has 4 rings (SSSR count). The van der Waals surface area contributed by atoms with Gasteiger partial charge in [0.05, 0.1) is 30.3 Å². The van der Waals surface area contributed by atoms with Crippen LogP contribution in [0.2, 0.25) is 0 Å². The van der Waals surface area contributed by atoms with Crippen LogP contribution in [0.5, 0.6) is 5.75 Å². The van der Waals surface area contributed by atoms with Crippen molar-refractivity contribution < 1.29 is 26.3 Å². The summed E-state index contributed by atoms with van der Waals surface area (Å²) in [4.78, 5) is 8.39. The highest BCUT2D eigenvalue weighted by Crippen LogP contribution is 2.42. The third-order valence-corrected chi connectivity index (χ3v) is 7.69. The Morgan fingerprint density at radius 1 is 1.26 bits per heavy atom. The number of methoxy groups -OCH3 is 1. The molecule has 3 aromatic rings. The van der Waals surface area contributed by atoms with Crippen LogP contribution >= 0.6 is 0 Å². The van der Waals surface area contributed by atoms with Gasteiger partial charge >= 0.3 is 6.18 Å². The molecule has 1 saturated carbocycles. The second-order valence-electron chi connectivity index (χ2n) is 8.26. The van der Waals surface area contributed by atoms with Gasteiger partial charge in [0.1, 0.15) is 28.4 Å². The molecule has 3 heterocycles. The van der Waals surface area contributed by atoms with Gasteiger partial charge in [-0.3, -0.25) is 4.98 Å². The van der Waals surface area contributed by atoms with Crippen LogP contribution in [0.3, 0.4) is 0 Å². The molecular formula is C22H22F3N5O3S. The van der Waals surface area contributed by atoms with E-state index in [0.717, 1.165) is 32.4 Å². The summed E-state index contributed by atoms with van der Waals surface area (Å²) in [5, 5.41) is 10.6. The molecule has 0 amide bonds. The number of hydrogen-bond acceptors (Lipinski definition) is 6. The maximum Gasteiger partial charge on any atom is 0.404 e. The highest BCUT2D eigenvalue weighted by Gasteiger charge is 2.39. The van der Waals surface area contributed by atoms with Gasteiger partial charge in [-0.1, -0.05) is 0 Å². The number of pyridine rings is 2. The van der Waals surface area contributed by atoms with Crippen molar-refractivity contribution in [1.82, 2.24) is 19.3 Å². The molecular weight excluding hydrogens is 471 g/mol. The maximum absolute atomic E-state index is 12.9. The average Bonchev–Trinajstić information content (AvgIpc) is 3.04. The number of sulfonamides is 1. The minimum Gasteiger partial charge on any atom is -0.495 e. The molecule has 1 atom stereocenters. The number of nitrogens with one attached hydrogen (secondary N) is 1. The Hall–Kier alpha value is -3.17. The lowest BCUT2D eigenvalue weighted by Gasteiger charge is -2.29. The van der Waals surface area contributed by atoms with Crippen molar-refractivity contribution in [3.63, 3.8) is 0 Å². The second-order valence-corrected chi connectivity index (χ2v) is 9.94. The molecule has 180 valence electrons. The Bertz CT molecular complexity index is 1410. The van der Waals surface area contributed by atoms with E-state index in [4.69, 9.17) is 4.74 Å². The summed E-state index contributed by atoms with van der Waals surface area (Å²) in [7, 11) is -2.98. The lowest BCUT2D eigenvalue weighted by Crippen LogP contribution is -2.43. The fourth-order valence-electron chi connectivity index (χ4n) is 3.96. The summed E-state index contributed by atoms with van der Waals surface area (Å²) in [6.45, 7) is 2.20. The summed E-state index contributed by atoms with van der Waals surface area (Å²) < 4.78 is 72.7. The van der Waals surface area contributed by atoms with Crippen LogP contribution in [-0.4, -0.2) is 42.3 Å². The van der Waals surface area contributed by atoms with Crippen molar-refractivity contribution in [2.24, 2.45) is 0 Å². The summed E-state index contributed by atoms with van der Waals surface area (Å²) in [5.74, 6) is 0.483. The normalized spacial score (nSPS) is 15.7. The van der Waals surface area contributed by atoms with Crippen molar-refractivity contribution in [1.29, 1.82) is 5.26 Å². The van der Waals surface area contributed by atoms with E-state index >= 15 is 0 Å². The molecule has 0 aromatic carbocycles. The molecule has 0 spiro atoms. The monoisotopic (exact) mass is 493 g/mol. The van der Waals surface area contributed by atoms with E-state index in [1.54, 1.807) is 17.0 Å². The summed E-state index contributed by atoms with van der Waals surface area (Å²) >= 11 is 0. The lowest BCUT2D eigenvalue weighted by molar-refractivity contribution is -0.147. The van der Waals surface area contributed by atoms with Crippen LogP contribution in [0.1, 0.15) is 43.4 Å². The minimum absolute atomic E-state index is 0.0975. The Balaban J connectivity index is 1.86. The summed E-state index contributed by atoms with van der Waals surface area (Å²) in [6.07, 6.45) is 0.654. The molecule has 1 fully saturated rings. The highest BCUT2D eigenvalue weighted by atomic mass is 32.2. The number of aryl methyl sites for hydroxylation is 1. The minimum atomic E-state index is -4.73. The van der Waals surface area contributed by atoms with E-state index in [1.165, 1.54) is 20.1 Å². The Morgan fingerprint density at radius 3 is 2.50 bits per heavy atom. The van der Waals surface area contributed by atoms with E-state index in [2.05, 4.69) is 16.0 Å². The zero-order chi connectivity index (χ0) is 24.8. The average molecular weight is 494 g/mol. The molecule has 0 unspecified atom stereocenters. The van der Waals surface area contributed by atoms with E-state index in [-0.39, 0.29) is 16.5 Å². The molecule has 0 saturated heterocycles. The van der Waals surface area contributed by atoms with Crippen molar-refractivity contribution in [2.45, 2.75) is 56.3 Å². The van der Waals surface area contributed by atoms with Crippen LogP contribution < -0.4 is 9.46 Å². The number of rotatable bonds is 6. The first-order chi connectivity index (χ1) is 16.0. The van der Waals surface area contributed by atoms with Gasteiger partial charge in [0, 0.05) is 17.6 Å². The number of hydrogen-bond donors (Lipinski definition) is 1. The highest BCUT2D eigenvalue weighted by molar-refractivity contribution is 7.89. The van der Waals surface area contributed by atoms with Crippen molar-refractivity contribution >= 4 is 21.1 Å². The van der Waals surface area contributed by atoms with Gasteiger partial charge in [0.15, 0.2) is 0 Å². The first-order valence-corrected chi connectivity index (χ1v) is 12.0. The molecule has 12 heteroatoms. The smallest absolute Gasteiger partial charge is 0.404 e. The number of nitrogens with zero attached hydrogens (tertiary/aromatic N) is 4. The topological polar surface area (TPSA) is 110 Å². The molecule has 8 nitrogen and oxygen atoms in total. The van der Waals surface area contributed by atoms with Crippen molar-refractivity contribution in [2.75, 3.05) is 7.11 Å². The largest absolute Gasteiger partial charge is 0.495 e. The molecule has 0 bridgehead atoms. The quantitative estimate of drug-likeness (QED) is 0.550. The fraction of sp³-hybridized carbons (Fsp3) is 0.409. The van der Waals surface area contributed by atoms with Gasteiger partial charge in [0.25, 0.3) is 0 Å². The maximum atomic E-state index is 12.9. The van der Waals surface area contributed by atoms with Crippen molar-refractivity contribution in [3.05, 3.63) is 35.7 Å². The number of fused-ring (bicyclic) bond motifs is 1. The van der Waals surface area contributed by atoms with Crippen molar-refractivity contribution in [3.8, 4) is 23.2 Å². The Labute approximate surface area is 194 Å². The number of ether oxygens (including phenoxy) is 1. The molecule has 1 aliphatic rings. The van der Waals surface area contributed by atoms with Gasteiger partial charge in [0.2, 0.25) is 10.0 Å². The molecule has 1 N–H and O–H groups in total. The van der Waals surface area contributed by atoms with Crippen LogP contribution in [-0.2, 0) is 10.0 Å². The third-order valence-electron chi connectivity index (χ3n) is 6.02. The van der Waals surface area contributed by atoms with E-state index in [0.29, 0.717) is 33.7 Å². The second kappa shape index (κ2) is 8.56. The van der Waals surface area contributed by atoms with Gasteiger partial charge in [-0.15, -0.1) is 0 Å². The summed E-state index contributed by atoms with van der Waals surface area (Å²) in [6, 6.07) is 3.23. The molecule has 0 radical (unpaired) electrons. The number of halogens is 3. The van der Waals surface area contributed by atoms with Gasteiger partial charge in [-0.2, -0.15) is 23.2 Å². The lowest BCUT2D eigenvalue weighted by atomic mass is 9.92. The zero-order valence-electron chi connectivity index (χ0n) is 18.6. The third kappa shape index (κ3) is 4.10.